The summed E-state index contributed by atoms with van der Waals surface area (Å²) >= 11 is 0. The zero-order valence-corrected chi connectivity index (χ0v) is 20.5. The highest BCUT2D eigenvalue weighted by Gasteiger charge is 2.53. The Labute approximate surface area is 199 Å². The van der Waals surface area contributed by atoms with Crippen LogP contribution in [0.15, 0.2) is 0 Å². The summed E-state index contributed by atoms with van der Waals surface area (Å²) in [5, 5.41) is 12.7. The molecule has 12 heteroatoms. The van der Waals surface area contributed by atoms with Crippen molar-refractivity contribution in [1.82, 2.24) is 30.7 Å². The first kappa shape index (κ1) is 25.1. The Kier molecular flexibility index (Phi) is 7.09. The third kappa shape index (κ3) is 4.75. The number of hydrogen-bond donors (Lipinski definition) is 2. The van der Waals surface area contributed by atoms with E-state index in [2.05, 4.69) is 10.6 Å². The molecule has 0 aliphatic carbocycles. The van der Waals surface area contributed by atoms with Gasteiger partial charge in [-0.2, -0.15) is 0 Å². The van der Waals surface area contributed by atoms with Crippen LogP contribution in [0.25, 0.3) is 0 Å². The molecule has 0 spiro atoms. The smallest absolute Gasteiger partial charge is 0.248 e. The maximum Gasteiger partial charge on any atom is 0.248 e. The number of hydrazine groups is 2. The number of amides is 4. The van der Waals surface area contributed by atoms with Crippen LogP contribution < -0.4 is 10.6 Å². The number of piperazine rings is 2. The van der Waals surface area contributed by atoms with E-state index in [9.17, 15) is 19.2 Å². The molecule has 2 N–H and O–H groups in total. The lowest BCUT2D eigenvalue weighted by molar-refractivity contribution is -0.196. The molecule has 4 unspecified atom stereocenters. The van der Waals surface area contributed by atoms with Gasteiger partial charge in [-0.05, 0) is 40.5 Å². The van der Waals surface area contributed by atoms with E-state index in [1.807, 2.05) is 47.7 Å². The van der Waals surface area contributed by atoms with Crippen LogP contribution in [0.2, 0.25) is 0 Å². The van der Waals surface area contributed by atoms with Crippen LogP contribution in [-0.4, -0.2) is 119 Å². The minimum Gasteiger partial charge on any atom is -0.376 e. The van der Waals surface area contributed by atoms with E-state index in [-0.39, 0.29) is 48.9 Å². The van der Waals surface area contributed by atoms with Crippen molar-refractivity contribution in [2.24, 2.45) is 0 Å². The van der Waals surface area contributed by atoms with Gasteiger partial charge in [0, 0.05) is 26.2 Å². The molecule has 12 nitrogen and oxygen atoms in total. The maximum atomic E-state index is 13.2. The van der Waals surface area contributed by atoms with Crippen LogP contribution in [0.5, 0.6) is 0 Å². The van der Waals surface area contributed by atoms with Gasteiger partial charge in [-0.15, -0.1) is 0 Å². The monoisotopic (exact) mass is 480 g/mol. The first-order chi connectivity index (χ1) is 16.0. The molecule has 4 rings (SSSR count). The van der Waals surface area contributed by atoms with E-state index in [1.165, 1.54) is 0 Å². The molecule has 0 saturated carbocycles. The number of rotatable bonds is 5. The molecule has 0 aromatic heterocycles. The van der Waals surface area contributed by atoms with Crippen molar-refractivity contribution in [3.63, 3.8) is 0 Å². The number of nitrogens with zero attached hydrogens (tertiary/aromatic N) is 4. The number of ether oxygens (including phenoxy) is 2. The molecule has 0 bridgehead atoms. The van der Waals surface area contributed by atoms with Crippen molar-refractivity contribution in [2.75, 3.05) is 52.5 Å². The first-order valence-corrected chi connectivity index (χ1v) is 12.0. The fourth-order valence-electron chi connectivity index (χ4n) is 5.29. The predicted octanol–water partition coefficient (Wildman–Crippen LogP) is -1.53. The second-order valence-corrected chi connectivity index (χ2v) is 10.1. The highest BCUT2D eigenvalue weighted by Crippen LogP contribution is 2.34. The third-order valence-corrected chi connectivity index (χ3v) is 7.43. The predicted molar refractivity (Wildman–Crippen MR) is 120 cm³/mol. The lowest BCUT2D eigenvalue weighted by Gasteiger charge is -2.53. The van der Waals surface area contributed by atoms with Crippen LogP contribution in [0.1, 0.15) is 40.5 Å². The van der Waals surface area contributed by atoms with Gasteiger partial charge in [0.05, 0.1) is 38.5 Å². The molecule has 190 valence electrons. The highest BCUT2D eigenvalue weighted by atomic mass is 16.5. The van der Waals surface area contributed by atoms with Crippen molar-refractivity contribution in [2.45, 2.75) is 63.8 Å². The largest absolute Gasteiger partial charge is 0.376 e. The van der Waals surface area contributed by atoms with E-state index in [0.29, 0.717) is 52.2 Å². The lowest BCUT2D eigenvalue weighted by Crippen LogP contribution is -2.73. The number of carbonyl (C=O) groups is 4. The van der Waals surface area contributed by atoms with Crippen molar-refractivity contribution in [3.8, 4) is 0 Å². The number of carbonyl (C=O) groups excluding carboxylic acids is 4. The number of imide groups is 2. The summed E-state index contributed by atoms with van der Waals surface area (Å²) in [6.45, 7) is 11.0. The molecule has 4 saturated heterocycles. The average Bonchev–Trinajstić information content (AvgIpc) is 2.77. The second-order valence-electron chi connectivity index (χ2n) is 10.1. The Bertz CT molecular complexity index is 788. The fraction of sp³-hybridized carbons (Fsp3) is 0.818. The molecule has 0 aromatic rings. The van der Waals surface area contributed by atoms with Crippen molar-refractivity contribution < 1.29 is 28.7 Å². The molecule has 34 heavy (non-hydrogen) atoms. The van der Waals surface area contributed by atoms with Crippen molar-refractivity contribution in [3.05, 3.63) is 0 Å². The van der Waals surface area contributed by atoms with Gasteiger partial charge in [0.1, 0.15) is 11.1 Å². The van der Waals surface area contributed by atoms with Crippen LogP contribution in [0, 0.1) is 0 Å². The van der Waals surface area contributed by atoms with Gasteiger partial charge >= 0.3 is 0 Å². The van der Waals surface area contributed by atoms with Crippen LogP contribution >= 0.6 is 0 Å². The summed E-state index contributed by atoms with van der Waals surface area (Å²) in [6.07, 6.45) is 0.577. The number of hydrogen-bond acceptors (Lipinski definition) is 10. The molecule has 0 aromatic carbocycles. The van der Waals surface area contributed by atoms with Gasteiger partial charge in [0.2, 0.25) is 23.6 Å². The minimum absolute atomic E-state index is 0.0236. The summed E-state index contributed by atoms with van der Waals surface area (Å²) in [4.78, 5) is 50.9. The molecule has 4 amide bonds. The Hall–Kier alpha value is -1.96. The van der Waals surface area contributed by atoms with Gasteiger partial charge in [-0.1, -0.05) is 0 Å². The van der Waals surface area contributed by atoms with Gasteiger partial charge in [0.15, 0.2) is 0 Å². The molecule has 4 aliphatic heterocycles. The minimum atomic E-state index is -1.04. The van der Waals surface area contributed by atoms with Gasteiger partial charge < -0.3 is 9.47 Å². The zero-order chi connectivity index (χ0) is 24.7. The Balaban J connectivity index is 1.58. The Morgan fingerprint density at radius 3 is 1.50 bits per heavy atom. The van der Waals surface area contributed by atoms with Crippen LogP contribution in [0.3, 0.4) is 0 Å². The van der Waals surface area contributed by atoms with Gasteiger partial charge in [-0.3, -0.25) is 29.8 Å². The molecule has 0 radical (unpaired) electrons. The summed E-state index contributed by atoms with van der Waals surface area (Å²) in [5.74, 6) is -1.47. The summed E-state index contributed by atoms with van der Waals surface area (Å²) in [7, 11) is 0. The quantitative estimate of drug-likeness (QED) is 0.448. The van der Waals surface area contributed by atoms with E-state index < -0.39 is 11.1 Å². The normalized spacial score (nSPS) is 37.5. The summed E-state index contributed by atoms with van der Waals surface area (Å²) in [5.41, 5.74) is -2.08. The molecule has 4 aliphatic rings. The third-order valence-electron chi connectivity index (χ3n) is 7.43. The average molecular weight is 481 g/mol. The Morgan fingerprint density at radius 1 is 0.765 bits per heavy atom. The molecule has 4 atom stereocenters. The van der Waals surface area contributed by atoms with Crippen molar-refractivity contribution >= 4 is 23.6 Å². The standard InChI is InChI=1S/C22H36N6O6/c1-15-11-25(7-9-33-15)27-13-17(29)23-19(31)21(27,3)5-6-22(4)20(32)24-18(30)14-28(22)26-8-10-34-16(2)12-26/h15-16H,5-14H2,1-4H3,(H,23,29,31)(H,24,30,32). The molecule has 4 heterocycles. The topological polar surface area (TPSA) is 124 Å². The van der Waals surface area contributed by atoms with Crippen LogP contribution in [0.4, 0.5) is 0 Å². The Morgan fingerprint density at radius 2 is 1.15 bits per heavy atom. The lowest BCUT2D eigenvalue weighted by atomic mass is 9.83. The summed E-state index contributed by atoms with van der Waals surface area (Å²) < 4.78 is 11.3. The van der Waals surface area contributed by atoms with E-state index in [4.69, 9.17) is 9.47 Å². The molecular weight excluding hydrogens is 444 g/mol. The molecule has 4 fully saturated rings. The summed E-state index contributed by atoms with van der Waals surface area (Å²) in [6, 6.07) is 0. The van der Waals surface area contributed by atoms with Gasteiger partial charge in [0.25, 0.3) is 0 Å². The van der Waals surface area contributed by atoms with Crippen molar-refractivity contribution in [1.29, 1.82) is 0 Å². The van der Waals surface area contributed by atoms with Gasteiger partial charge in [-0.25, -0.2) is 20.0 Å². The number of nitrogens with one attached hydrogen (secondary N) is 2. The van der Waals surface area contributed by atoms with E-state index >= 15 is 0 Å². The van der Waals surface area contributed by atoms with E-state index in [1.54, 1.807) is 0 Å². The zero-order valence-electron chi connectivity index (χ0n) is 20.5. The van der Waals surface area contributed by atoms with E-state index in [0.717, 1.165) is 0 Å². The number of morpholine rings is 2. The SMILES string of the molecule is CC1CN(N2CC(=O)NC(=O)C2(C)CCC2(C)C(=O)NC(=O)CN2N2CCOC(C)C2)CCO1. The first-order valence-electron chi connectivity index (χ1n) is 12.0. The van der Waals surface area contributed by atoms with Crippen LogP contribution in [-0.2, 0) is 28.7 Å². The maximum absolute atomic E-state index is 13.2. The highest BCUT2D eigenvalue weighted by molar-refractivity contribution is 6.04. The fourth-order valence-corrected chi connectivity index (χ4v) is 5.29. The molecular formula is C22H36N6O6. The second kappa shape index (κ2) is 9.59.